The van der Waals surface area contributed by atoms with Crippen LogP contribution in [-0.2, 0) is 47.5 Å². The van der Waals surface area contributed by atoms with Crippen molar-refractivity contribution >= 4 is 65.3 Å². The quantitative estimate of drug-likeness (QED) is 0.0844. The minimum atomic E-state index is -0.336. The summed E-state index contributed by atoms with van der Waals surface area (Å²) in [5.41, 5.74) is 0. The van der Waals surface area contributed by atoms with E-state index in [1.807, 2.05) is 25.7 Å². The smallest absolute Gasteiger partial charge is 0.238 e. The molecule has 0 saturated heterocycles. The van der Waals surface area contributed by atoms with Gasteiger partial charge < -0.3 is 58.5 Å². The Morgan fingerprint density at radius 1 is 0.463 bits per heavy atom. The average Bonchev–Trinajstić information content (AvgIpc) is 3.31. The first-order valence-corrected chi connectivity index (χ1v) is 20.8. The van der Waals surface area contributed by atoms with Gasteiger partial charge in [0.05, 0.1) is 0 Å². The number of nitrogens with one attached hydrogen (secondary N) is 1. The normalized spacial score (nSPS) is 10.6. The molecule has 0 atom stereocenters. The standard InChI is InChI=1S/C36H64N18O10.C2H6.H2O/c1-14-49(19-59-9)32-40-29(47(5)18-58-8)41-33(44-32)50(20-60-10)17-51(21-61-11)34-42-30(48(6)26(3)55)43-35(45-34)53(23-63-13)25-64-24-52(22-62-12)31-38-28(37-16-57-7)39-36(46-31)54(15-2)27(4)56;1-2;/h14-25H2,1-13H3,(H,37,38,39,46);1-2H3;1H2. The van der Waals surface area contributed by atoms with E-state index in [1.54, 1.807) is 52.7 Å². The van der Waals surface area contributed by atoms with E-state index in [2.05, 4.69) is 35.2 Å². The van der Waals surface area contributed by atoms with Crippen LogP contribution in [0.1, 0.15) is 41.5 Å². The molecule has 67 heavy (non-hydrogen) atoms. The Morgan fingerprint density at radius 2 is 0.851 bits per heavy atom. The third-order valence-corrected chi connectivity index (χ3v) is 8.62. The van der Waals surface area contributed by atoms with Crippen molar-refractivity contribution in [2.75, 3.05) is 189 Å². The van der Waals surface area contributed by atoms with Gasteiger partial charge in [0, 0.05) is 90.8 Å². The lowest BCUT2D eigenvalue weighted by molar-refractivity contribution is -0.117. The van der Waals surface area contributed by atoms with Gasteiger partial charge in [-0.3, -0.25) is 39.0 Å². The van der Waals surface area contributed by atoms with Gasteiger partial charge in [0.25, 0.3) is 0 Å². The Labute approximate surface area is 392 Å². The van der Waals surface area contributed by atoms with E-state index in [1.165, 1.54) is 66.2 Å². The highest BCUT2D eigenvalue weighted by Gasteiger charge is 2.26. The number of carbonyl (C=O) groups excluding carboxylic acids is 2. The van der Waals surface area contributed by atoms with Crippen molar-refractivity contribution in [3.8, 4) is 0 Å². The molecule has 0 unspecified atom stereocenters. The molecule has 29 nitrogen and oxygen atoms in total. The number of hydrogen-bond acceptors (Lipinski definition) is 26. The molecule has 2 amide bonds. The fourth-order valence-corrected chi connectivity index (χ4v) is 5.47. The molecule has 0 spiro atoms. The van der Waals surface area contributed by atoms with Gasteiger partial charge in [-0.25, -0.2) is 0 Å². The van der Waals surface area contributed by atoms with Crippen LogP contribution in [0.15, 0.2) is 0 Å². The summed E-state index contributed by atoms with van der Waals surface area (Å²) in [5.74, 6) is 1.00. The van der Waals surface area contributed by atoms with Crippen molar-refractivity contribution < 1.29 is 53.0 Å². The molecule has 0 aliphatic rings. The molecule has 0 fully saturated rings. The molecule has 0 bridgehead atoms. The van der Waals surface area contributed by atoms with Crippen LogP contribution in [0.25, 0.3) is 0 Å². The van der Waals surface area contributed by atoms with E-state index in [9.17, 15) is 9.59 Å². The van der Waals surface area contributed by atoms with Crippen molar-refractivity contribution in [3.05, 3.63) is 0 Å². The van der Waals surface area contributed by atoms with Crippen LogP contribution < -0.4 is 44.5 Å². The van der Waals surface area contributed by atoms with Gasteiger partial charge in [-0.05, 0) is 13.8 Å². The fraction of sp³-hybridized carbons (Fsp3) is 0.711. The molecule has 0 saturated carbocycles. The van der Waals surface area contributed by atoms with Gasteiger partial charge in [0.1, 0.15) is 67.2 Å². The topological polar surface area (TPSA) is 293 Å². The van der Waals surface area contributed by atoms with Gasteiger partial charge in [0.15, 0.2) is 0 Å². The molecule has 3 aromatic rings. The lowest BCUT2D eigenvalue weighted by Gasteiger charge is -2.32. The lowest BCUT2D eigenvalue weighted by atomic mass is 10.5. The second-order valence-corrected chi connectivity index (χ2v) is 13.5. The summed E-state index contributed by atoms with van der Waals surface area (Å²) >= 11 is 0. The number of methoxy groups -OCH3 is 7. The zero-order valence-corrected chi connectivity index (χ0v) is 41.7. The molecule has 0 aliphatic carbocycles. The minimum absolute atomic E-state index is 0. The summed E-state index contributed by atoms with van der Waals surface area (Å²) in [6.07, 6.45) is 0. The minimum Gasteiger partial charge on any atom is -0.412 e. The largest absolute Gasteiger partial charge is 0.412 e. The van der Waals surface area contributed by atoms with Crippen LogP contribution in [0.2, 0.25) is 0 Å². The van der Waals surface area contributed by atoms with E-state index < -0.39 is 0 Å². The second-order valence-electron chi connectivity index (χ2n) is 13.5. The molecule has 3 heterocycles. The highest BCUT2D eigenvalue weighted by atomic mass is 16.5. The number of anilines is 9. The molecule has 3 N–H and O–H groups in total. The van der Waals surface area contributed by atoms with Gasteiger partial charge in [-0.15, -0.1) is 0 Å². The number of nitrogens with zero attached hydrogens (tertiary/aromatic N) is 17. The summed E-state index contributed by atoms with van der Waals surface area (Å²) in [4.78, 5) is 79.8. The molecule has 29 heteroatoms. The van der Waals surface area contributed by atoms with Crippen LogP contribution in [0.5, 0.6) is 0 Å². The highest BCUT2D eigenvalue weighted by Crippen LogP contribution is 2.24. The highest BCUT2D eigenvalue weighted by molar-refractivity contribution is 5.90. The first-order chi connectivity index (χ1) is 31.8. The van der Waals surface area contributed by atoms with Crippen molar-refractivity contribution in [1.29, 1.82) is 0 Å². The predicted octanol–water partition coefficient (Wildman–Crippen LogP) is 0.215. The van der Waals surface area contributed by atoms with Gasteiger partial charge in [-0.1, -0.05) is 13.8 Å². The first-order valence-electron chi connectivity index (χ1n) is 20.8. The molecular formula is C38H72N18O11. The Morgan fingerprint density at radius 3 is 1.28 bits per heavy atom. The van der Waals surface area contributed by atoms with Gasteiger partial charge >= 0.3 is 0 Å². The molecular weight excluding hydrogens is 885 g/mol. The van der Waals surface area contributed by atoms with Crippen LogP contribution in [0.3, 0.4) is 0 Å². The summed E-state index contributed by atoms with van der Waals surface area (Å²) < 4.78 is 44.4. The molecule has 0 radical (unpaired) electrons. The Balaban J connectivity index is 0.00000738. The third-order valence-electron chi connectivity index (χ3n) is 8.62. The second kappa shape index (κ2) is 32.0. The van der Waals surface area contributed by atoms with E-state index in [-0.39, 0.29) is 126 Å². The average molecular weight is 957 g/mol. The first kappa shape index (κ1) is 59.2. The summed E-state index contributed by atoms with van der Waals surface area (Å²) in [5, 5.41) is 2.95. The van der Waals surface area contributed by atoms with E-state index >= 15 is 0 Å². The van der Waals surface area contributed by atoms with Crippen LogP contribution >= 0.6 is 0 Å². The number of hydrogen-bond donors (Lipinski definition) is 1. The Hall–Kier alpha value is -5.79. The number of rotatable bonds is 31. The summed E-state index contributed by atoms with van der Waals surface area (Å²) in [7, 11) is 14.1. The Bertz CT molecular complexity index is 1880. The third kappa shape index (κ3) is 18.1. The lowest BCUT2D eigenvalue weighted by Crippen LogP contribution is -2.43. The van der Waals surface area contributed by atoms with Crippen LogP contribution in [0.4, 0.5) is 53.5 Å². The Kier molecular flexibility index (Phi) is 28.3. The number of ether oxygens (including phenoxy) is 8. The van der Waals surface area contributed by atoms with Crippen molar-refractivity contribution in [3.63, 3.8) is 0 Å². The molecule has 0 aromatic carbocycles. The number of aromatic nitrogens is 9. The molecule has 380 valence electrons. The van der Waals surface area contributed by atoms with Crippen LogP contribution in [0, 0.1) is 0 Å². The maximum atomic E-state index is 12.7. The fourth-order valence-electron chi connectivity index (χ4n) is 5.47. The van der Waals surface area contributed by atoms with Crippen molar-refractivity contribution in [2.24, 2.45) is 0 Å². The molecule has 3 aromatic heterocycles. The molecule has 3 rings (SSSR count). The maximum Gasteiger partial charge on any atom is 0.238 e. The predicted molar refractivity (Wildman–Crippen MR) is 251 cm³/mol. The number of carbonyl (C=O) groups is 2. The van der Waals surface area contributed by atoms with Crippen molar-refractivity contribution in [2.45, 2.75) is 41.5 Å². The summed E-state index contributed by atoms with van der Waals surface area (Å²) in [6.45, 7) is 11.6. The van der Waals surface area contributed by atoms with Crippen LogP contribution in [-0.4, -0.2) is 206 Å². The maximum absolute atomic E-state index is 12.7. The summed E-state index contributed by atoms with van der Waals surface area (Å²) in [6, 6.07) is 0. The van der Waals surface area contributed by atoms with Crippen molar-refractivity contribution in [1.82, 2.24) is 44.9 Å². The van der Waals surface area contributed by atoms with E-state index in [0.717, 1.165) is 0 Å². The van der Waals surface area contributed by atoms with E-state index in [4.69, 9.17) is 52.8 Å². The van der Waals surface area contributed by atoms with Gasteiger partial charge in [-0.2, -0.15) is 44.9 Å². The molecule has 0 aliphatic heterocycles. The number of amides is 2. The zero-order valence-electron chi connectivity index (χ0n) is 41.7. The zero-order chi connectivity index (χ0) is 49.2. The van der Waals surface area contributed by atoms with E-state index in [0.29, 0.717) is 25.0 Å². The SMILES string of the molecule is CC.CCN(COC)c1nc(N(C)COC)nc(N(COC)CN(COC)c2nc(N(COC)COCN(COC)c3nc(NCOC)nc(N(CC)C(C)=O)n3)nc(N(C)C(C)=O)n2)n1.O. The van der Waals surface area contributed by atoms with Gasteiger partial charge in [0.2, 0.25) is 65.3 Å². The monoisotopic (exact) mass is 957 g/mol.